The molecule has 0 rings (SSSR count). The molecule has 0 fully saturated rings. The van der Waals surface area contributed by atoms with E-state index >= 15 is 0 Å². The number of ether oxygens (including phenoxy) is 2. The Hall–Kier alpha value is -0.170. The number of nitrogens with one attached hydrogen (secondary N) is 1. The van der Waals surface area contributed by atoms with Gasteiger partial charge in [-0.2, -0.15) is 0 Å². The molecule has 0 saturated carbocycles. The summed E-state index contributed by atoms with van der Waals surface area (Å²) in [5.74, 6) is 0. The second-order valence-electron chi connectivity index (χ2n) is 2.27. The maximum absolute atomic E-state index is 10.5. The normalized spacial score (nSPS) is 11.8. The third-order valence-electron chi connectivity index (χ3n) is 1.04. The Morgan fingerprint density at radius 3 is 2.42 bits per heavy atom. The standard InChI is InChI=1S/C6H15NO4S/c1-10-5-6-11-4-3-7-12(2,8)9/h7H,3-6H2,1-2H3. The Morgan fingerprint density at radius 2 is 1.92 bits per heavy atom. The van der Waals surface area contributed by atoms with Gasteiger partial charge in [-0.05, 0) is 0 Å². The van der Waals surface area contributed by atoms with E-state index in [9.17, 15) is 8.42 Å². The second-order valence-corrected chi connectivity index (χ2v) is 4.10. The van der Waals surface area contributed by atoms with Gasteiger partial charge in [0.25, 0.3) is 0 Å². The molecule has 0 radical (unpaired) electrons. The average Bonchev–Trinajstić information content (AvgIpc) is 1.94. The van der Waals surface area contributed by atoms with Crippen LogP contribution in [-0.2, 0) is 19.5 Å². The van der Waals surface area contributed by atoms with Gasteiger partial charge in [0.2, 0.25) is 10.0 Å². The number of methoxy groups -OCH3 is 1. The SMILES string of the molecule is COCCOCCNS(C)(=O)=O. The molecule has 0 aliphatic carbocycles. The number of sulfonamides is 1. The van der Waals surface area contributed by atoms with Crippen LogP contribution in [0.15, 0.2) is 0 Å². The van der Waals surface area contributed by atoms with Gasteiger partial charge in [0.05, 0.1) is 26.1 Å². The molecule has 5 nitrogen and oxygen atoms in total. The van der Waals surface area contributed by atoms with Crippen LogP contribution in [0.4, 0.5) is 0 Å². The van der Waals surface area contributed by atoms with Crippen LogP contribution < -0.4 is 4.72 Å². The molecular formula is C6H15NO4S. The van der Waals surface area contributed by atoms with Crippen molar-refractivity contribution >= 4 is 10.0 Å². The van der Waals surface area contributed by atoms with Crippen LogP contribution >= 0.6 is 0 Å². The molecule has 0 aromatic heterocycles. The highest BCUT2D eigenvalue weighted by Crippen LogP contribution is 1.77. The van der Waals surface area contributed by atoms with Gasteiger partial charge in [-0.25, -0.2) is 13.1 Å². The van der Waals surface area contributed by atoms with Gasteiger partial charge < -0.3 is 9.47 Å². The van der Waals surface area contributed by atoms with Gasteiger partial charge in [-0.15, -0.1) is 0 Å². The molecule has 0 spiro atoms. The lowest BCUT2D eigenvalue weighted by Gasteiger charge is -2.03. The summed E-state index contributed by atoms with van der Waals surface area (Å²) < 4.78 is 33.1. The van der Waals surface area contributed by atoms with Gasteiger partial charge >= 0.3 is 0 Å². The highest BCUT2D eigenvalue weighted by Gasteiger charge is 1.97. The largest absolute Gasteiger partial charge is 0.382 e. The van der Waals surface area contributed by atoms with Crippen molar-refractivity contribution in [1.82, 2.24) is 4.72 Å². The zero-order valence-corrected chi connectivity index (χ0v) is 8.19. The molecule has 1 N–H and O–H groups in total. The molecule has 0 atom stereocenters. The van der Waals surface area contributed by atoms with Gasteiger partial charge in [-0.3, -0.25) is 0 Å². The maximum atomic E-state index is 10.5. The summed E-state index contributed by atoms with van der Waals surface area (Å²) >= 11 is 0. The van der Waals surface area contributed by atoms with Gasteiger partial charge in [0.15, 0.2) is 0 Å². The second kappa shape index (κ2) is 6.36. The summed E-state index contributed by atoms with van der Waals surface area (Å²) in [5, 5.41) is 0. The summed E-state index contributed by atoms with van der Waals surface area (Å²) in [5.41, 5.74) is 0. The minimum absolute atomic E-state index is 0.308. The zero-order chi connectivity index (χ0) is 9.45. The van der Waals surface area contributed by atoms with E-state index in [1.54, 1.807) is 7.11 Å². The molecule has 0 aromatic rings. The van der Waals surface area contributed by atoms with Crippen LogP contribution in [-0.4, -0.2) is 48.1 Å². The summed E-state index contributed by atoms with van der Waals surface area (Å²) in [6.45, 7) is 1.69. The lowest BCUT2D eigenvalue weighted by molar-refractivity contribution is 0.0736. The van der Waals surface area contributed by atoms with E-state index in [1.165, 1.54) is 0 Å². The summed E-state index contributed by atoms with van der Waals surface area (Å²) in [6, 6.07) is 0. The minimum Gasteiger partial charge on any atom is -0.382 e. The molecule has 0 aliphatic rings. The van der Waals surface area contributed by atoms with E-state index in [2.05, 4.69) is 4.72 Å². The molecule has 0 heterocycles. The molecule has 0 aliphatic heterocycles. The van der Waals surface area contributed by atoms with Crippen LogP contribution in [0.3, 0.4) is 0 Å². The predicted molar refractivity (Wildman–Crippen MR) is 45.5 cm³/mol. The van der Waals surface area contributed by atoms with Crippen LogP contribution in [0.25, 0.3) is 0 Å². The lowest BCUT2D eigenvalue weighted by atomic mass is 10.7. The Kier molecular flexibility index (Phi) is 6.27. The number of hydrogen-bond acceptors (Lipinski definition) is 4. The number of hydrogen-bond donors (Lipinski definition) is 1. The van der Waals surface area contributed by atoms with Crippen LogP contribution in [0, 0.1) is 0 Å². The van der Waals surface area contributed by atoms with Crippen LogP contribution in [0.2, 0.25) is 0 Å². The Balaban J connectivity index is 3.12. The minimum atomic E-state index is -3.08. The van der Waals surface area contributed by atoms with Crippen molar-refractivity contribution < 1.29 is 17.9 Å². The molecule has 6 heteroatoms. The Labute approximate surface area is 73.1 Å². The van der Waals surface area contributed by atoms with Crippen LogP contribution in [0.1, 0.15) is 0 Å². The highest BCUT2D eigenvalue weighted by molar-refractivity contribution is 7.88. The monoisotopic (exact) mass is 197 g/mol. The van der Waals surface area contributed by atoms with Crippen molar-refractivity contribution in [2.45, 2.75) is 0 Å². The molecule has 0 amide bonds. The first-order valence-electron chi connectivity index (χ1n) is 3.57. The Morgan fingerprint density at radius 1 is 1.25 bits per heavy atom. The van der Waals surface area contributed by atoms with Crippen molar-refractivity contribution in [3.63, 3.8) is 0 Å². The fourth-order valence-corrected chi connectivity index (χ4v) is 0.998. The lowest BCUT2D eigenvalue weighted by Crippen LogP contribution is -2.26. The molecule has 0 unspecified atom stereocenters. The first-order chi connectivity index (χ1) is 5.56. The summed E-state index contributed by atoms with van der Waals surface area (Å²) in [6.07, 6.45) is 1.11. The van der Waals surface area contributed by atoms with Crippen molar-refractivity contribution in [2.75, 3.05) is 39.7 Å². The molecular weight excluding hydrogens is 182 g/mol. The third kappa shape index (κ3) is 9.83. The van der Waals surface area contributed by atoms with Gasteiger partial charge in [0.1, 0.15) is 0 Å². The molecule has 0 saturated heterocycles. The fraction of sp³-hybridized carbons (Fsp3) is 1.00. The van der Waals surface area contributed by atoms with Crippen molar-refractivity contribution in [1.29, 1.82) is 0 Å². The van der Waals surface area contributed by atoms with Crippen molar-refractivity contribution in [2.24, 2.45) is 0 Å². The topological polar surface area (TPSA) is 64.6 Å². The third-order valence-corrected chi connectivity index (χ3v) is 1.77. The summed E-state index contributed by atoms with van der Waals surface area (Å²) in [7, 11) is -1.50. The highest BCUT2D eigenvalue weighted by atomic mass is 32.2. The zero-order valence-electron chi connectivity index (χ0n) is 7.37. The van der Waals surface area contributed by atoms with Crippen LogP contribution in [0.5, 0.6) is 0 Å². The van der Waals surface area contributed by atoms with Gasteiger partial charge in [-0.1, -0.05) is 0 Å². The molecule has 0 bridgehead atoms. The Bertz CT molecular complexity index is 190. The first-order valence-corrected chi connectivity index (χ1v) is 5.46. The van der Waals surface area contributed by atoms with E-state index in [0.29, 0.717) is 26.4 Å². The maximum Gasteiger partial charge on any atom is 0.208 e. The molecule has 0 aromatic carbocycles. The van der Waals surface area contributed by atoms with E-state index < -0.39 is 10.0 Å². The molecule has 12 heavy (non-hydrogen) atoms. The predicted octanol–water partition coefficient (Wildman–Crippen LogP) is -0.801. The van der Waals surface area contributed by atoms with Crippen molar-refractivity contribution in [3.8, 4) is 0 Å². The average molecular weight is 197 g/mol. The first kappa shape index (κ1) is 11.8. The number of rotatable bonds is 7. The van der Waals surface area contributed by atoms with E-state index in [4.69, 9.17) is 9.47 Å². The van der Waals surface area contributed by atoms with E-state index in [-0.39, 0.29) is 0 Å². The van der Waals surface area contributed by atoms with Gasteiger partial charge in [0, 0.05) is 13.7 Å². The smallest absolute Gasteiger partial charge is 0.208 e. The van der Waals surface area contributed by atoms with Crippen molar-refractivity contribution in [3.05, 3.63) is 0 Å². The summed E-state index contributed by atoms with van der Waals surface area (Å²) in [4.78, 5) is 0. The van der Waals surface area contributed by atoms with E-state index in [0.717, 1.165) is 6.26 Å². The fourth-order valence-electron chi connectivity index (χ4n) is 0.544. The quantitative estimate of drug-likeness (QED) is 0.543. The van der Waals surface area contributed by atoms with E-state index in [1.807, 2.05) is 0 Å². The molecule has 74 valence electrons.